The van der Waals surface area contributed by atoms with Crippen LogP contribution in [-0.4, -0.2) is 43.2 Å². The standard InChI is InChI=1S/C12H23N3O/c16-12(15-9-7-13-8-10-15)14-11-5-3-1-2-4-6-11/h11,13H,1-10H2,(H,14,16). The van der Waals surface area contributed by atoms with E-state index in [4.69, 9.17) is 0 Å². The SMILES string of the molecule is O=C(NC1CCCCCC1)N1CCNCC1. The molecule has 1 aliphatic carbocycles. The molecule has 4 nitrogen and oxygen atoms in total. The Hall–Kier alpha value is -0.770. The van der Waals surface area contributed by atoms with Gasteiger partial charge in [0.2, 0.25) is 0 Å². The zero-order valence-corrected chi connectivity index (χ0v) is 10.0. The summed E-state index contributed by atoms with van der Waals surface area (Å²) in [6.45, 7) is 3.55. The maximum absolute atomic E-state index is 12.0. The Morgan fingerprint density at radius 1 is 1.06 bits per heavy atom. The van der Waals surface area contributed by atoms with Gasteiger partial charge in [0, 0.05) is 32.2 Å². The molecule has 0 unspecified atom stereocenters. The molecule has 1 aliphatic heterocycles. The van der Waals surface area contributed by atoms with Gasteiger partial charge in [-0.1, -0.05) is 25.7 Å². The van der Waals surface area contributed by atoms with Crippen molar-refractivity contribution >= 4 is 6.03 Å². The molecule has 0 aromatic carbocycles. The molecular weight excluding hydrogens is 202 g/mol. The van der Waals surface area contributed by atoms with Crippen molar-refractivity contribution in [1.29, 1.82) is 0 Å². The van der Waals surface area contributed by atoms with E-state index in [0.717, 1.165) is 39.0 Å². The minimum Gasteiger partial charge on any atom is -0.335 e. The molecule has 2 aliphatic rings. The molecule has 1 saturated heterocycles. The van der Waals surface area contributed by atoms with E-state index in [1.54, 1.807) is 0 Å². The van der Waals surface area contributed by atoms with Crippen LogP contribution in [0.25, 0.3) is 0 Å². The zero-order valence-electron chi connectivity index (χ0n) is 10.0. The average molecular weight is 225 g/mol. The molecule has 0 bridgehead atoms. The molecule has 0 spiro atoms. The first kappa shape index (κ1) is 11.7. The summed E-state index contributed by atoms with van der Waals surface area (Å²) in [5.74, 6) is 0. The van der Waals surface area contributed by atoms with Gasteiger partial charge in [0.05, 0.1) is 0 Å². The summed E-state index contributed by atoms with van der Waals surface area (Å²) in [6, 6.07) is 0.568. The molecule has 0 atom stereocenters. The number of carbonyl (C=O) groups is 1. The fourth-order valence-electron chi connectivity index (χ4n) is 2.56. The van der Waals surface area contributed by atoms with E-state index < -0.39 is 0 Å². The van der Waals surface area contributed by atoms with Crippen molar-refractivity contribution in [3.8, 4) is 0 Å². The molecular formula is C12H23N3O. The number of carbonyl (C=O) groups excluding carboxylic acids is 1. The van der Waals surface area contributed by atoms with E-state index in [-0.39, 0.29) is 6.03 Å². The highest BCUT2D eigenvalue weighted by molar-refractivity contribution is 5.74. The van der Waals surface area contributed by atoms with Crippen molar-refractivity contribution in [1.82, 2.24) is 15.5 Å². The Balaban J connectivity index is 1.76. The molecule has 0 aromatic rings. The van der Waals surface area contributed by atoms with Gasteiger partial charge in [-0.3, -0.25) is 0 Å². The van der Waals surface area contributed by atoms with Gasteiger partial charge in [-0.05, 0) is 12.8 Å². The summed E-state index contributed by atoms with van der Waals surface area (Å²) in [6.07, 6.45) is 7.54. The molecule has 16 heavy (non-hydrogen) atoms. The molecule has 92 valence electrons. The Morgan fingerprint density at radius 2 is 1.69 bits per heavy atom. The third-order valence-corrected chi connectivity index (χ3v) is 3.59. The lowest BCUT2D eigenvalue weighted by molar-refractivity contribution is 0.185. The van der Waals surface area contributed by atoms with Crippen molar-refractivity contribution in [2.45, 2.75) is 44.6 Å². The predicted octanol–water partition coefficient (Wildman–Crippen LogP) is 1.32. The van der Waals surface area contributed by atoms with Gasteiger partial charge in [-0.15, -0.1) is 0 Å². The molecule has 2 N–H and O–H groups in total. The van der Waals surface area contributed by atoms with Crippen LogP contribution in [0, 0.1) is 0 Å². The monoisotopic (exact) mass is 225 g/mol. The largest absolute Gasteiger partial charge is 0.335 e. The Kier molecular flexibility index (Phi) is 4.45. The molecule has 0 radical (unpaired) electrons. The van der Waals surface area contributed by atoms with Gasteiger partial charge < -0.3 is 15.5 Å². The van der Waals surface area contributed by atoms with Crippen molar-refractivity contribution in [3.05, 3.63) is 0 Å². The molecule has 2 amide bonds. The van der Waals surface area contributed by atoms with Crippen LogP contribution in [0.1, 0.15) is 38.5 Å². The third kappa shape index (κ3) is 3.37. The van der Waals surface area contributed by atoms with Crippen LogP contribution in [0.2, 0.25) is 0 Å². The first-order valence-corrected chi connectivity index (χ1v) is 6.62. The van der Waals surface area contributed by atoms with Crippen LogP contribution < -0.4 is 10.6 Å². The highest BCUT2D eigenvalue weighted by Crippen LogP contribution is 2.17. The number of hydrogen-bond acceptors (Lipinski definition) is 2. The van der Waals surface area contributed by atoms with Crippen LogP contribution in [0.15, 0.2) is 0 Å². The van der Waals surface area contributed by atoms with Crippen LogP contribution in [-0.2, 0) is 0 Å². The number of piperazine rings is 1. The number of nitrogens with one attached hydrogen (secondary N) is 2. The smallest absolute Gasteiger partial charge is 0.317 e. The topological polar surface area (TPSA) is 44.4 Å². The van der Waals surface area contributed by atoms with Crippen LogP contribution in [0.5, 0.6) is 0 Å². The quantitative estimate of drug-likeness (QED) is 0.661. The fraction of sp³-hybridized carbons (Fsp3) is 0.917. The number of urea groups is 1. The summed E-state index contributed by atoms with van der Waals surface area (Å²) < 4.78 is 0. The van der Waals surface area contributed by atoms with Gasteiger partial charge >= 0.3 is 6.03 Å². The maximum atomic E-state index is 12.0. The second kappa shape index (κ2) is 6.09. The van der Waals surface area contributed by atoms with Gasteiger partial charge in [0.15, 0.2) is 0 Å². The molecule has 4 heteroatoms. The predicted molar refractivity (Wildman–Crippen MR) is 64.5 cm³/mol. The van der Waals surface area contributed by atoms with Crippen LogP contribution >= 0.6 is 0 Å². The highest BCUT2D eigenvalue weighted by atomic mass is 16.2. The number of nitrogens with zero attached hydrogens (tertiary/aromatic N) is 1. The average Bonchev–Trinajstić information content (AvgIpc) is 2.59. The fourth-order valence-corrected chi connectivity index (χ4v) is 2.56. The maximum Gasteiger partial charge on any atom is 0.317 e. The normalized spacial score (nSPS) is 23.9. The second-order valence-electron chi connectivity index (χ2n) is 4.88. The number of hydrogen-bond donors (Lipinski definition) is 2. The second-order valence-corrected chi connectivity index (χ2v) is 4.88. The summed E-state index contributed by atoms with van der Waals surface area (Å²) in [5, 5.41) is 6.45. The molecule has 0 aromatic heterocycles. The van der Waals surface area contributed by atoms with E-state index in [9.17, 15) is 4.79 Å². The zero-order chi connectivity index (χ0) is 11.2. The summed E-state index contributed by atoms with van der Waals surface area (Å²) >= 11 is 0. The van der Waals surface area contributed by atoms with Crippen LogP contribution in [0.3, 0.4) is 0 Å². The minimum atomic E-state index is 0.147. The Bertz CT molecular complexity index is 218. The van der Waals surface area contributed by atoms with E-state index in [1.165, 1.54) is 25.7 Å². The van der Waals surface area contributed by atoms with E-state index in [2.05, 4.69) is 10.6 Å². The van der Waals surface area contributed by atoms with Gasteiger partial charge in [0.1, 0.15) is 0 Å². The lowest BCUT2D eigenvalue weighted by Crippen LogP contribution is -2.52. The molecule has 1 heterocycles. The Labute approximate surface area is 97.8 Å². The summed E-state index contributed by atoms with van der Waals surface area (Å²) in [7, 11) is 0. The van der Waals surface area contributed by atoms with E-state index >= 15 is 0 Å². The molecule has 2 fully saturated rings. The minimum absolute atomic E-state index is 0.147. The number of amides is 2. The number of rotatable bonds is 1. The first-order valence-electron chi connectivity index (χ1n) is 6.62. The molecule has 2 rings (SSSR count). The molecule has 1 saturated carbocycles. The van der Waals surface area contributed by atoms with Crippen molar-refractivity contribution in [3.63, 3.8) is 0 Å². The third-order valence-electron chi connectivity index (χ3n) is 3.59. The van der Waals surface area contributed by atoms with Crippen molar-refractivity contribution < 1.29 is 4.79 Å². The van der Waals surface area contributed by atoms with E-state index in [0.29, 0.717) is 6.04 Å². The summed E-state index contributed by atoms with van der Waals surface area (Å²) in [4.78, 5) is 13.9. The lowest BCUT2D eigenvalue weighted by atomic mass is 10.1. The lowest BCUT2D eigenvalue weighted by Gasteiger charge is -2.29. The first-order chi connectivity index (χ1) is 7.86. The van der Waals surface area contributed by atoms with Gasteiger partial charge in [-0.2, -0.15) is 0 Å². The van der Waals surface area contributed by atoms with Gasteiger partial charge in [-0.25, -0.2) is 4.79 Å². The van der Waals surface area contributed by atoms with E-state index in [1.807, 2.05) is 4.90 Å². The van der Waals surface area contributed by atoms with Crippen LogP contribution in [0.4, 0.5) is 4.79 Å². The van der Waals surface area contributed by atoms with Crippen molar-refractivity contribution in [2.24, 2.45) is 0 Å². The van der Waals surface area contributed by atoms with Crippen molar-refractivity contribution in [2.75, 3.05) is 26.2 Å². The Morgan fingerprint density at radius 3 is 2.31 bits per heavy atom. The van der Waals surface area contributed by atoms with Gasteiger partial charge in [0.25, 0.3) is 0 Å². The summed E-state index contributed by atoms with van der Waals surface area (Å²) in [5.41, 5.74) is 0. The highest BCUT2D eigenvalue weighted by Gasteiger charge is 2.20.